The summed E-state index contributed by atoms with van der Waals surface area (Å²) < 4.78 is 5.87. The van der Waals surface area contributed by atoms with Crippen LogP contribution in [0.3, 0.4) is 0 Å². The number of aliphatic carboxylic acids is 1. The van der Waals surface area contributed by atoms with Crippen LogP contribution < -0.4 is 5.32 Å². The molecule has 6 heteroatoms. The molecule has 6 nitrogen and oxygen atoms in total. The van der Waals surface area contributed by atoms with E-state index in [4.69, 9.17) is 4.74 Å². The predicted octanol–water partition coefficient (Wildman–Crippen LogP) is -0.0269. The number of piperazine rings is 1. The zero-order valence-electron chi connectivity index (χ0n) is 10.9. The van der Waals surface area contributed by atoms with Crippen molar-refractivity contribution in [3.05, 3.63) is 0 Å². The van der Waals surface area contributed by atoms with Gasteiger partial charge in [-0.25, -0.2) is 0 Å². The van der Waals surface area contributed by atoms with E-state index in [2.05, 4.69) is 5.32 Å². The number of ether oxygens (including phenoxy) is 1. The van der Waals surface area contributed by atoms with Crippen LogP contribution in [0.4, 0.5) is 0 Å². The normalized spacial score (nSPS) is 34.6. The van der Waals surface area contributed by atoms with E-state index in [1.807, 2.05) is 4.90 Å². The SMILES string of the molecule is O=C1CN(C2CCOC3(CCC3)C2)C(C(=O)O)CN1. The van der Waals surface area contributed by atoms with Gasteiger partial charge in [-0.1, -0.05) is 0 Å². The van der Waals surface area contributed by atoms with Crippen LogP contribution in [0.25, 0.3) is 0 Å². The van der Waals surface area contributed by atoms with Crippen molar-refractivity contribution in [2.75, 3.05) is 19.7 Å². The third-order valence-corrected chi connectivity index (χ3v) is 4.70. The molecular formula is C13H20N2O4. The van der Waals surface area contributed by atoms with Gasteiger partial charge in [-0.2, -0.15) is 0 Å². The molecule has 3 fully saturated rings. The molecule has 0 radical (unpaired) electrons. The molecule has 1 spiro atoms. The summed E-state index contributed by atoms with van der Waals surface area (Å²) in [7, 11) is 0. The van der Waals surface area contributed by atoms with Crippen LogP contribution in [-0.2, 0) is 14.3 Å². The molecule has 2 atom stereocenters. The van der Waals surface area contributed by atoms with Gasteiger partial charge in [0.1, 0.15) is 6.04 Å². The highest BCUT2D eigenvalue weighted by atomic mass is 16.5. The Balaban J connectivity index is 1.73. The number of carboxylic acid groups (broad SMARTS) is 1. The molecule has 2 heterocycles. The summed E-state index contributed by atoms with van der Waals surface area (Å²) in [6.07, 6.45) is 5.01. The number of nitrogens with one attached hydrogen (secondary N) is 1. The van der Waals surface area contributed by atoms with Gasteiger partial charge in [0.25, 0.3) is 0 Å². The van der Waals surface area contributed by atoms with Gasteiger partial charge in [-0.15, -0.1) is 0 Å². The van der Waals surface area contributed by atoms with Crippen molar-refractivity contribution in [1.82, 2.24) is 10.2 Å². The Morgan fingerprint density at radius 2 is 2.26 bits per heavy atom. The molecule has 2 saturated heterocycles. The molecule has 2 N–H and O–H groups in total. The fourth-order valence-corrected chi connectivity index (χ4v) is 3.48. The van der Waals surface area contributed by atoms with Crippen LogP contribution >= 0.6 is 0 Å². The van der Waals surface area contributed by atoms with Crippen molar-refractivity contribution >= 4 is 11.9 Å². The predicted molar refractivity (Wildman–Crippen MR) is 66.7 cm³/mol. The maximum absolute atomic E-state index is 11.6. The first-order valence-corrected chi connectivity index (χ1v) is 6.99. The average Bonchev–Trinajstić information content (AvgIpc) is 2.36. The summed E-state index contributed by atoms with van der Waals surface area (Å²) in [5.41, 5.74) is -0.0279. The van der Waals surface area contributed by atoms with Gasteiger partial charge in [0.05, 0.1) is 12.1 Å². The Morgan fingerprint density at radius 3 is 2.89 bits per heavy atom. The number of carboxylic acids is 1. The number of nitrogens with zero attached hydrogens (tertiary/aromatic N) is 1. The van der Waals surface area contributed by atoms with Crippen molar-refractivity contribution in [3.63, 3.8) is 0 Å². The molecule has 2 unspecified atom stereocenters. The molecule has 0 aromatic rings. The molecule has 0 aromatic carbocycles. The largest absolute Gasteiger partial charge is 0.480 e. The number of carbonyl (C=O) groups excluding carboxylic acids is 1. The van der Waals surface area contributed by atoms with Crippen LogP contribution in [0.1, 0.15) is 32.1 Å². The summed E-state index contributed by atoms with van der Waals surface area (Å²) in [6.45, 7) is 1.07. The van der Waals surface area contributed by atoms with Crippen molar-refractivity contribution in [2.45, 2.75) is 49.8 Å². The quantitative estimate of drug-likeness (QED) is 0.735. The summed E-state index contributed by atoms with van der Waals surface area (Å²) in [5, 5.41) is 11.9. The van der Waals surface area contributed by atoms with E-state index in [-0.39, 0.29) is 30.6 Å². The van der Waals surface area contributed by atoms with E-state index in [9.17, 15) is 14.7 Å². The van der Waals surface area contributed by atoms with Gasteiger partial charge in [0.2, 0.25) is 5.91 Å². The average molecular weight is 268 g/mol. The minimum absolute atomic E-state index is 0.0279. The van der Waals surface area contributed by atoms with Gasteiger partial charge in [-0.3, -0.25) is 14.5 Å². The fourth-order valence-electron chi connectivity index (χ4n) is 3.48. The number of hydrogen-bond donors (Lipinski definition) is 2. The second-order valence-electron chi connectivity index (χ2n) is 5.86. The molecule has 2 aliphatic heterocycles. The van der Waals surface area contributed by atoms with E-state index in [1.54, 1.807) is 0 Å². The Labute approximate surface area is 112 Å². The molecule has 3 aliphatic rings. The minimum Gasteiger partial charge on any atom is -0.480 e. The summed E-state index contributed by atoms with van der Waals surface area (Å²) in [6, 6.07) is -0.445. The van der Waals surface area contributed by atoms with E-state index in [0.717, 1.165) is 25.7 Å². The van der Waals surface area contributed by atoms with Crippen LogP contribution in [0.5, 0.6) is 0 Å². The van der Waals surface area contributed by atoms with Gasteiger partial charge in [0.15, 0.2) is 0 Å². The lowest BCUT2D eigenvalue weighted by molar-refractivity contribution is -0.165. The smallest absolute Gasteiger partial charge is 0.322 e. The van der Waals surface area contributed by atoms with Gasteiger partial charge in [0, 0.05) is 19.2 Å². The third kappa shape index (κ3) is 2.34. The highest BCUT2D eigenvalue weighted by Gasteiger charge is 2.46. The standard InChI is InChI=1S/C13H20N2O4/c16-11-8-15(10(7-14-11)12(17)18)9-2-5-19-13(6-9)3-1-4-13/h9-10H,1-8H2,(H,14,16)(H,17,18). The lowest BCUT2D eigenvalue weighted by atomic mass is 9.73. The van der Waals surface area contributed by atoms with Gasteiger partial charge in [-0.05, 0) is 32.1 Å². The molecule has 106 valence electrons. The first-order valence-electron chi connectivity index (χ1n) is 6.99. The number of hydrogen-bond acceptors (Lipinski definition) is 4. The lowest BCUT2D eigenvalue weighted by Gasteiger charge is -2.51. The highest BCUT2D eigenvalue weighted by Crippen LogP contribution is 2.43. The zero-order valence-corrected chi connectivity index (χ0v) is 10.9. The van der Waals surface area contributed by atoms with Crippen molar-refractivity contribution < 1.29 is 19.4 Å². The van der Waals surface area contributed by atoms with Crippen molar-refractivity contribution in [3.8, 4) is 0 Å². The summed E-state index contributed by atoms with van der Waals surface area (Å²) in [4.78, 5) is 24.8. The molecule has 19 heavy (non-hydrogen) atoms. The van der Waals surface area contributed by atoms with E-state index in [1.165, 1.54) is 6.42 Å². The van der Waals surface area contributed by atoms with E-state index >= 15 is 0 Å². The number of carbonyl (C=O) groups is 2. The molecule has 1 aliphatic carbocycles. The van der Waals surface area contributed by atoms with E-state index in [0.29, 0.717) is 6.61 Å². The molecule has 1 saturated carbocycles. The highest BCUT2D eigenvalue weighted by molar-refractivity contribution is 5.83. The zero-order chi connectivity index (χ0) is 13.5. The van der Waals surface area contributed by atoms with Gasteiger partial charge >= 0.3 is 5.97 Å². The number of amides is 1. The van der Waals surface area contributed by atoms with Crippen molar-refractivity contribution in [2.24, 2.45) is 0 Å². The first-order chi connectivity index (χ1) is 9.10. The molecular weight excluding hydrogens is 248 g/mol. The van der Waals surface area contributed by atoms with Crippen LogP contribution in [0.2, 0.25) is 0 Å². The number of rotatable bonds is 2. The maximum Gasteiger partial charge on any atom is 0.322 e. The van der Waals surface area contributed by atoms with Crippen LogP contribution in [0, 0.1) is 0 Å². The first kappa shape index (κ1) is 12.9. The van der Waals surface area contributed by atoms with E-state index < -0.39 is 12.0 Å². The molecule has 0 bridgehead atoms. The minimum atomic E-state index is -0.853. The summed E-state index contributed by atoms with van der Waals surface area (Å²) >= 11 is 0. The van der Waals surface area contributed by atoms with Crippen LogP contribution in [-0.4, -0.2) is 59.3 Å². The third-order valence-electron chi connectivity index (χ3n) is 4.70. The van der Waals surface area contributed by atoms with Crippen LogP contribution in [0.15, 0.2) is 0 Å². The Kier molecular flexibility index (Phi) is 3.22. The van der Waals surface area contributed by atoms with Gasteiger partial charge < -0.3 is 15.2 Å². The lowest BCUT2D eigenvalue weighted by Crippen LogP contribution is -2.63. The maximum atomic E-state index is 11.6. The Hall–Kier alpha value is -1.14. The Morgan fingerprint density at radius 1 is 1.47 bits per heavy atom. The monoisotopic (exact) mass is 268 g/mol. The molecule has 1 amide bonds. The summed E-state index contributed by atoms with van der Waals surface area (Å²) in [5.74, 6) is -0.930. The molecule has 0 aromatic heterocycles. The second kappa shape index (κ2) is 4.76. The second-order valence-corrected chi connectivity index (χ2v) is 5.86. The van der Waals surface area contributed by atoms with Crippen molar-refractivity contribution in [1.29, 1.82) is 0 Å². The Bertz CT molecular complexity index is 394. The molecule has 3 rings (SSSR count). The fraction of sp³-hybridized carbons (Fsp3) is 0.846. The topological polar surface area (TPSA) is 78.9 Å².